The molecule has 102 valence electrons. The lowest BCUT2D eigenvalue weighted by Gasteiger charge is -2.39. The van der Waals surface area contributed by atoms with Crippen molar-refractivity contribution in [2.75, 3.05) is 5.32 Å². The monoisotopic (exact) mass is 256 g/mol. The molecule has 0 spiro atoms. The molecule has 0 heterocycles. The van der Waals surface area contributed by atoms with Gasteiger partial charge in [-0.3, -0.25) is 0 Å². The predicted molar refractivity (Wildman–Crippen MR) is 79.9 cm³/mol. The summed E-state index contributed by atoms with van der Waals surface area (Å²) in [6.07, 6.45) is 4.34. The smallest absolute Gasteiger partial charge is 0.125 e. The van der Waals surface area contributed by atoms with E-state index in [2.05, 4.69) is 44.3 Å². The average molecular weight is 256 g/mol. The van der Waals surface area contributed by atoms with Gasteiger partial charge in [0.05, 0.1) is 6.07 Å². The van der Waals surface area contributed by atoms with E-state index in [4.69, 9.17) is 0 Å². The molecule has 0 saturated heterocycles. The Hall–Kier alpha value is -1.49. The molecule has 2 nitrogen and oxygen atoms in total. The van der Waals surface area contributed by atoms with Crippen LogP contribution in [0.3, 0.4) is 0 Å². The largest absolute Gasteiger partial charge is 0.367 e. The average Bonchev–Trinajstić information content (AvgIpc) is 2.42. The number of benzene rings is 1. The molecular weight excluding hydrogens is 232 g/mol. The van der Waals surface area contributed by atoms with E-state index < -0.39 is 0 Å². The van der Waals surface area contributed by atoms with Gasteiger partial charge in [0.1, 0.15) is 5.54 Å². The number of rotatable bonds is 3. The van der Waals surface area contributed by atoms with Gasteiger partial charge in [-0.2, -0.15) is 5.26 Å². The fourth-order valence-corrected chi connectivity index (χ4v) is 3.10. The second-order valence-electron chi connectivity index (χ2n) is 6.23. The van der Waals surface area contributed by atoms with Crippen molar-refractivity contribution < 1.29 is 0 Å². The third-order valence-corrected chi connectivity index (χ3v) is 4.46. The van der Waals surface area contributed by atoms with Crippen LogP contribution in [0.2, 0.25) is 0 Å². The highest BCUT2D eigenvalue weighted by molar-refractivity contribution is 5.53. The summed E-state index contributed by atoms with van der Waals surface area (Å²) >= 11 is 0. The van der Waals surface area contributed by atoms with Gasteiger partial charge in [0, 0.05) is 5.69 Å². The van der Waals surface area contributed by atoms with Gasteiger partial charge in [-0.1, -0.05) is 32.0 Å². The van der Waals surface area contributed by atoms with Gasteiger partial charge in [0.15, 0.2) is 0 Å². The zero-order valence-corrected chi connectivity index (χ0v) is 12.2. The summed E-state index contributed by atoms with van der Waals surface area (Å²) in [7, 11) is 0. The van der Waals surface area contributed by atoms with Gasteiger partial charge >= 0.3 is 0 Å². The number of nitrogens with one attached hydrogen (secondary N) is 1. The van der Waals surface area contributed by atoms with Crippen LogP contribution in [0.5, 0.6) is 0 Å². The Morgan fingerprint density at radius 1 is 1.37 bits per heavy atom. The highest BCUT2D eigenvalue weighted by Gasteiger charge is 2.37. The van der Waals surface area contributed by atoms with E-state index in [-0.39, 0.29) is 5.54 Å². The molecule has 0 aliphatic heterocycles. The topological polar surface area (TPSA) is 35.8 Å². The molecule has 2 rings (SSSR count). The van der Waals surface area contributed by atoms with Crippen molar-refractivity contribution in [2.24, 2.45) is 11.8 Å². The molecule has 2 heteroatoms. The van der Waals surface area contributed by atoms with E-state index in [1.807, 2.05) is 12.1 Å². The maximum absolute atomic E-state index is 9.68. The number of nitriles is 1. The first-order valence-electron chi connectivity index (χ1n) is 7.31. The molecule has 0 aromatic heterocycles. The van der Waals surface area contributed by atoms with Crippen LogP contribution in [0, 0.1) is 30.1 Å². The quantitative estimate of drug-likeness (QED) is 0.863. The molecule has 0 radical (unpaired) electrons. The highest BCUT2D eigenvalue weighted by atomic mass is 15.0. The SMILES string of the molecule is Cc1ccccc1NC1(C#N)CCCC(C(C)C)C1. The number of anilines is 1. The summed E-state index contributed by atoms with van der Waals surface area (Å²) in [5, 5.41) is 13.2. The molecular formula is C17H24N2. The van der Waals surface area contributed by atoms with Gasteiger partial charge < -0.3 is 5.32 Å². The van der Waals surface area contributed by atoms with Crippen LogP contribution >= 0.6 is 0 Å². The minimum Gasteiger partial charge on any atom is -0.367 e. The molecule has 1 aliphatic rings. The Kier molecular flexibility index (Phi) is 4.14. The first-order chi connectivity index (χ1) is 9.06. The van der Waals surface area contributed by atoms with E-state index in [0.29, 0.717) is 11.8 Å². The lowest BCUT2D eigenvalue weighted by atomic mass is 9.72. The number of hydrogen-bond acceptors (Lipinski definition) is 2. The molecule has 1 saturated carbocycles. The zero-order valence-electron chi connectivity index (χ0n) is 12.2. The van der Waals surface area contributed by atoms with Crippen LogP contribution in [-0.2, 0) is 0 Å². The molecule has 1 N–H and O–H groups in total. The summed E-state index contributed by atoms with van der Waals surface area (Å²) in [5.74, 6) is 1.32. The van der Waals surface area contributed by atoms with E-state index in [1.54, 1.807) is 0 Å². The second-order valence-corrected chi connectivity index (χ2v) is 6.23. The molecule has 2 unspecified atom stereocenters. The van der Waals surface area contributed by atoms with Gasteiger partial charge in [0.25, 0.3) is 0 Å². The Bertz CT molecular complexity index is 472. The van der Waals surface area contributed by atoms with Crippen molar-refractivity contribution in [3.05, 3.63) is 29.8 Å². The van der Waals surface area contributed by atoms with E-state index >= 15 is 0 Å². The third kappa shape index (κ3) is 3.10. The van der Waals surface area contributed by atoms with Crippen molar-refractivity contribution in [3.8, 4) is 6.07 Å². The fourth-order valence-electron chi connectivity index (χ4n) is 3.10. The van der Waals surface area contributed by atoms with E-state index in [1.165, 1.54) is 12.0 Å². The van der Waals surface area contributed by atoms with Gasteiger partial charge in [-0.15, -0.1) is 0 Å². The Balaban J connectivity index is 2.19. The lowest BCUT2D eigenvalue weighted by molar-refractivity contribution is 0.232. The summed E-state index contributed by atoms with van der Waals surface area (Å²) in [6, 6.07) is 10.8. The standard InChI is InChI=1S/C17H24N2/c1-13(2)15-8-6-10-17(11-15,12-18)19-16-9-5-4-7-14(16)3/h4-5,7,9,13,15,19H,6,8,10-11H2,1-3H3. The van der Waals surface area contributed by atoms with Crippen molar-refractivity contribution >= 4 is 5.69 Å². The van der Waals surface area contributed by atoms with Crippen LogP contribution in [0.1, 0.15) is 45.1 Å². The zero-order chi connectivity index (χ0) is 13.9. The maximum atomic E-state index is 9.68. The minimum absolute atomic E-state index is 0.376. The van der Waals surface area contributed by atoms with Gasteiger partial charge in [-0.05, 0) is 56.1 Å². The Morgan fingerprint density at radius 2 is 2.11 bits per heavy atom. The first kappa shape index (κ1) is 13.9. The number of para-hydroxylation sites is 1. The number of hydrogen-bond donors (Lipinski definition) is 1. The van der Waals surface area contributed by atoms with Crippen LogP contribution in [-0.4, -0.2) is 5.54 Å². The summed E-state index contributed by atoms with van der Waals surface area (Å²) in [5.41, 5.74) is 1.94. The molecule has 0 amide bonds. The summed E-state index contributed by atoms with van der Waals surface area (Å²) in [4.78, 5) is 0. The third-order valence-electron chi connectivity index (χ3n) is 4.46. The fraction of sp³-hybridized carbons (Fsp3) is 0.588. The minimum atomic E-state index is -0.376. The van der Waals surface area contributed by atoms with Gasteiger partial charge in [-0.25, -0.2) is 0 Å². The molecule has 0 bridgehead atoms. The van der Waals surface area contributed by atoms with Gasteiger partial charge in [0.2, 0.25) is 0 Å². The second kappa shape index (κ2) is 5.65. The highest BCUT2D eigenvalue weighted by Crippen LogP contribution is 2.38. The van der Waals surface area contributed by atoms with Crippen molar-refractivity contribution in [1.82, 2.24) is 0 Å². The normalized spacial score (nSPS) is 27.0. The van der Waals surface area contributed by atoms with Crippen molar-refractivity contribution in [1.29, 1.82) is 5.26 Å². The predicted octanol–water partition coefficient (Wildman–Crippen LogP) is 4.52. The molecule has 1 aromatic rings. The first-order valence-corrected chi connectivity index (χ1v) is 7.31. The Labute approximate surface area is 116 Å². The van der Waals surface area contributed by atoms with Crippen molar-refractivity contribution in [3.63, 3.8) is 0 Å². The number of aryl methyl sites for hydroxylation is 1. The maximum Gasteiger partial charge on any atom is 0.125 e. The van der Waals surface area contributed by atoms with Crippen LogP contribution < -0.4 is 5.32 Å². The molecule has 1 aromatic carbocycles. The van der Waals surface area contributed by atoms with Crippen molar-refractivity contribution in [2.45, 2.75) is 52.0 Å². The summed E-state index contributed by atoms with van der Waals surface area (Å²) < 4.78 is 0. The summed E-state index contributed by atoms with van der Waals surface area (Å²) in [6.45, 7) is 6.63. The van der Waals surface area contributed by atoms with Crippen LogP contribution in [0.4, 0.5) is 5.69 Å². The van der Waals surface area contributed by atoms with Crippen LogP contribution in [0.15, 0.2) is 24.3 Å². The molecule has 1 aliphatic carbocycles. The Morgan fingerprint density at radius 3 is 2.74 bits per heavy atom. The number of nitrogens with zero attached hydrogens (tertiary/aromatic N) is 1. The molecule has 19 heavy (non-hydrogen) atoms. The van der Waals surface area contributed by atoms with E-state index in [0.717, 1.165) is 24.9 Å². The molecule has 2 atom stereocenters. The molecule has 1 fully saturated rings. The van der Waals surface area contributed by atoms with E-state index in [9.17, 15) is 5.26 Å². The van der Waals surface area contributed by atoms with Crippen LogP contribution in [0.25, 0.3) is 0 Å². The lowest BCUT2D eigenvalue weighted by Crippen LogP contribution is -2.42.